The number of alkyl halides is 3. The minimum Gasteiger partial charge on any atom is -0.354 e. The molecule has 0 radical (unpaired) electrons. The predicted molar refractivity (Wildman–Crippen MR) is 129 cm³/mol. The second-order valence-electron chi connectivity index (χ2n) is 8.68. The van der Waals surface area contributed by atoms with Gasteiger partial charge in [-0.15, -0.1) is 0 Å². The fraction of sp³-hybridized carbons (Fsp3) is 0.240. The van der Waals surface area contributed by atoms with E-state index in [1.165, 1.54) is 43.6 Å². The molecular formula is C25H22F4N6O3. The van der Waals surface area contributed by atoms with E-state index >= 15 is 0 Å². The van der Waals surface area contributed by atoms with E-state index in [-0.39, 0.29) is 29.4 Å². The van der Waals surface area contributed by atoms with Crippen LogP contribution in [-0.2, 0) is 22.3 Å². The Labute approximate surface area is 214 Å². The van der Waals surface area contributed by atoms with Gasteiger partial charge in [-0.05, 0) is 55.3 Å². The lowest BCUT2D eigenvalue weighted by Gasteiger charge is -2.17. The number of halogens is 4. The van der Waals surface area contributed by atoms with Gasteiger partial charge in [-0.3, -0.25) is 19.4 Å². The average Bonchev–Trinajstić information content (AvgIpc) is 3.64. The molecule has 13 heteroatoms. The van der Waals surface area contributed by atoms with Gasteiger partial charge in [0.15, 0.2) is 0 Å². The zero-order valence-corrected chi connectivity index (χ0v) is 19.9. The second kappa shape index (κ2) is 10.4. The summed E-state index contributed by atoms with van der Waals surface area (Å²) >= 11 is 0. The molecule has 3 aromatic rings. The number of nitrogens with one attached hydrogen (secondary N) is 4. The summed E-state index contributed by atoms with van der Waals surface area (Å²) < 4.78 is 52.9. The molecule has 2 heterocycles. The van der Waals surface area contributed by atoms with Crippen molar-refractivity contribution in [3.8, 4) is 0 Å². The summed E-state index contributed by atoms with van der Waals surface area (Å²) in [6.07, 6.45) is -1.28. The fourth-order valence-corrected chi connectivity index (χ4v) is 3.56. The van der Waals surface area contributed by atoms with Gasteiger partial charge in [0.25, 0.3) is 5.91 Å². The van der Waals surface area contributed by atoms with Crippen LogP contribution >= 0.6 is 0 Å². The van der Waals surface area contributed by atoms with Crippen molar-refractivity contribution in [1.29, 1.82) is 0 Å². The maximum atomic E-state index is 13.3. The third-order valence-corrected chi connectivity index (χ3v) is 5.69. The number of nitrogens with zero attached hydrogens (tertiary/aromatic N) is 2. The molecule has 9 nitrogen and oxygen atoms in total. The predicted octanol–water partition coefficient (Wildman–Crippen LogP) is 3.92. The van der Waals surface area contributed by atoms with Crippen LogP contribution in [0.15, 0.2) is 54.9 Å². The van der Waals surface area contributed by atoms with Crippen molar-refractivity contribution in [2.75, 3.05) is 10.6 Å². The number of pyridine rings is 2. The highest BCUT2D eigenvalue weighted by Crippen LogP contribution is 2.37. The quantitative estimate of drug-likeness (QED) is 0.327. The van der Waals surface area contributed by atoms with Crippen LogP contribution in [-0.4, -0.2) is 33.2 Å². The largest absolute Gasteiger partial charge is 0.418 e. The van der Waals surface area contributed by atoms with Gasteiger partial charge in [0.05, 0.1) is 40.9 Å². The van der Waals surface area contributed by atoms with Crippen LogP contribution in [0, 0.1) is 5.82 Å². The summed E-state index contributed by atoms with van der Waals surface area (Å²) in [7, 11) is 0. The zero-order valence-electron chi connectivity index (χ0n) is 19.9. The lowest BCUT2D eigenvalue weighted by molar-refractivity contribution is -0.137. The molecule has 1 aliphatic carbocycles. The summed E-state index contributed by atoms with van der Waals surface area (Å²) in [5.74, 6) is -1.91. The molecule has 0 saturated heterocycles. The Balaban J connectivity index is 1.32. The van der Waals surface area contributed by atoms with Gasteiger partial charge in [0.2, 0.25) is 11.8 Å². The standard InChI is InChI=1S/C25H22F4N6O3/c1-14(36)33-21-7-2-15(11-31-21)22(37)35-24(8-9-24)23(38)32-12-17-4-5-18(13-30-17)34-20-6-3-16(26)10-19(20)25(27,28)29/h2-7,10-11,13,34H,8-9,12H2,1H3,(H,32,38)(H,35,37)(H,31,33,36). The Kier molecular flexibility index (Phi) is 7.28. The van der Waals surface area contributed by atoms with Crippen molar-refractivity contribution in [2.24, 2.45) is 0 Å². The Morgan fingerprint density at radius 1 is 1.00 bits per heavy atom. The number of hydrogen-bond donors (Lipinski definition) is 4. The van der Waals surface area contributed by atoms with Crippen molar-refractivity contribution < 1.29 is 31.9 Å². The number of aromatic nitrogens is 2. The van der Waals surface area contributed by atoms with Crippen LogP contribution in [0.3, 0.4) is 0 Å². The maximum absolute atomic E-state index is 13.3. The molecule has 0 spiro atoms. The number of benzene rings is 1. The summed E-state index contributed by atoms with van der Waals surface area (Å²) in [5.41, 5.74) is -1.65. The van der Waals surface area contributed by atoms with Gasteiger partial charge in [0, 0.05) is 13.1 Å². The molecule has 1 aromatic carbocycles. The number of carbonyl (C=O) groups is 3. The first kappa shape index (κ1) is 26.5. The van der Waals surface area contributed by atoms with E-state index in [1.807, 2.05) is 0 Å². The van der Waals surface area contributed by atoms with Crippen LogP contribution in [0.1, 0.15) is 41.4 Å². The van der Waals surface area contributed by atoms with Crippen LogP contribution < -0.4 is 21.3 Å². The molecule has 0 bridgehead atoms. The number of carbonyl (C=O) groups excluding carboxylic acids is 3. The highest BCUT2D eigenvalue weighted by molar-refractivity contribution is 6.00. The Morgan fingerprint density at radius 2 is 1.76 bits per heavy atom. The monoisotopic (exact) mass is 530 g/mol. The molecule has 2 aromatic heterocycles. The van der Waals surface area contributed by atoms with E-state index in [4.69, 9.17) is 0 Å². The van der Waals surface area contributed by atoms with Gasteiger partial charge in [0.1, 0.15) is 17.2 Å². The highest BCUT2D eigenvalue weighted by Gasteiger charge is 2.51. The van der Waals surface area contributed by atoms with Crippen molar-refractivity contribution in [2.45, 2.75) is 38.0 Å². The number of hydrogen-bond acceptors (Lipinski definition) is 6. The lowest BCUT2D eigenvalue weighted by atomic mass is 10.1. The molecule has 198 valence electrons. The number of rotatable bonds is 8. The molecule has 0 atom stereocenters. The second-order valence-corrected chi connectivity index (χ2v) is 8.68. The maximum Gasteiger partial charge on any atom is 0.418 e. The van der Waals surface area contributed by atoms with E-state index < -0.39 is 34.9 Å². The minimum atomic E-state index is -4.75. The van der Waals surface area contributed by atoms with Gasteiger partial charge < -0.3 is 21.3 Å². The van der Waals surface area contributed by atoms with Gasteiger partial charge >= 0.3 is 6.18 Å². The summed E-state index contributed by atoms with van der Waals surface area (Å²) in [5, 5.41) is 10.5. The molecule has 1 fully saturated rings. The van der Waals surface area contributed by atoms with E-state index in [0.717, 1.165) is 12.1 Å². The smallest absolute Gasteiger partial charge is 0.354 e. The molecule has 4 rings (SSSR count). The first-order chi connectivity index (χ1) is 17.9. The molecule has 3 amide bonds. The minimum absolute atomic E-state index is 0.0219. The van der Waals surface area contributed by atoms with Gasteiger partial charge in [-0.2, -0.15) is 13.2 Å². The first-order valence-electron chi connectivity index (χ1n) is 11.4. The molecule has 1 aliphatic rings. The molecule has 38 heavy (non-hydrogen) atoms. The topological polar surface area (TPSA) is 125 Å². The lowest BCUT2D eigenvalue weighted by Crippen LogP contribution is -2.48. The van der Waals surface area contributed by atoms with Crippen molar-refractivity contribution >= 4 is 34.9 Å². The van der Waals surface area contributed by atoms with E-state index in [1.54, 1.807) is 0 Å². The molecule has 1 saturated carbocycles. The average molecular weight is 530 g/mol. The van der Waals surface area contributed by atoms with Crippen molar-refractivity contribution in [3.05, 3.63) is 77.5 Å². The van der Waals surface area contributed by atoms with Crippen molar-refractivity contribution in [1.82, 2.24) is 20.6 Å². The third-order valence-electron chi connectivity index (χ3n) is 5.69. The first-order valence-corrected chi connectivity index (χ1v) is 11.4. The van der Waals surface area contributed by atoms with Crippen LogP contribution in [0.5, 0.6) is 0 Å². The molecule has 0 aliphatic heterocycles. The van der Waals surface area contributed by atoms with Crippen molar-refractivity contribution in [3.63, 3.8) is 0 Å². The summed E-state index contributed by atoms with van der Waals surface area (Å²) in [4.78, 5) is 44.5. The van der Waals surface area contributed by atoms with Gasteiger partial charge in [-0.1, -0.05) is 0 Å². The number of amides is 3. The number of anilines is 3. The van der Waals surface area contributed by atoms with Crippen LogP contribution in [0.25, 0.3) is 0 Å². The normalized spacial score (nSPS) is 13.8. The zero-order chi connectivity index (χ0) is 27.5. The third kappa shape index (κ3) is 6.41. The van der Waals surface area contributed by atoms with Crippen LogP contribution in [0.2, 0.25) is 0 Å². The van der Waals surface area contributed by atoms with E-state index in [0.29, 0.717) is 30.4 Å². The van der Waals surface area contributed by atoms with E-state index in [9.17, 15) is 31.9 Å². The molecule has 0 unspecified atom stereocenters. The SMILES string of the molecule is CC(=O)Nc1ccc(C(=O)NC2(C(=O)NCc3ccc(Nc4ccc(F)cc4C(F)(F)F)cn3)CC2)cn1. The Hall–Kier alpha value is -4.55. The van der Waals surface area contributed by atoms with Crippen LogP contribution in [0.4, 0.5) is 34.8 Å². The summed E-state index contributed by atoms with van der Waals surface area (Å²) in [6.45, 7) is 1.35. The highest BCUT2D eigenvalue weighted by atomic mass is 19.4. The van der Waals surface area contributed by atoms with E-state index in [2.05, 4.69) is 31.2 Å². The Morgan fingerprint density at radius 3 is 2.34 bits per heavy atom. The molecular weight excluding hydrogens is 508 g/mol. The van der Waals surface area contributed by atoms with Gasteiger partial charge in [-0.25, -0.2) is 9.37 Å². The fourth-order valence-electron chi connectivity index (χ4n) is 3.56. The summed E-state index contributed by atoms with van der Waals surface area (Å²) in [6, 6.07) is 8.25. The Bertz CT molecular complexity index is 1360. The molecule has 4 N–H and O–H groups in total.